The molecule has 0 fully saturated rings. The molecule has 1 heterocycles. The molecule has 1 unspecified atom stereocenters. The van der Waals surface area contributed by atoms with Crippen molar-refractivity contribution in [3.63, 3.8) is 0 Å². The molecule has 0 bridgehead atoms. The number of carbonyl (C=O) groups is 1. The van der Waals surface area contributed by atoms with E-state index < -0.39 is 5.60 Å². The van der Waals surface area contributed by atoms with Crippen LogP contribution in [0.5, 0.6) is 0 Å². The Balaban J connectivity index is 2.67. The van der Waals surface area contributed by atoms with Crippen molar-refractivity contribution in [2.75, 3.05) is 12.3 Å². The van der Waals surface area contributed by atoms with Crippen LogP contribution in [0.2, 0.25) is 0 Å². The van der Waals surface area contributed by atoms with E-state index in [2.05, 4.69) is 5.32 Å². The van der Waals surface area contributed by atoms with Gasteiger partial charge in [0.05, 0.1) is 11.3 Å². The summed E-state index contributed by atoms with van der Waals surface area (Å²) in [6.07, 6.45) is 3.34. The second-order valence-electron chi connectivity index (χ2n) is 6.13. The van der Waals surface area contributed by atoms with Gasteiger partial charge in [-0.2, -0.15) is 0 Å². The number of aliphatic hydroxyl groups is 1. The zero-order valence-electron chi connectivity index (χ0n) is 12.9. The highest BCUT2D eigenvalue weighted by Gasteiger charge is 2.23. The fourth-order valence-corrected chi connectivity index (χ4v) is 2.46. The van der Waals surface area contributed by atoms with Gasteiger partial charge >= 0.3 is 0 Å². The Hall–Kier alpha value is -1.49. The molecule has 0 aromatic carbocycles. The van der Waals surface area contributed by atoms with Crippen molar-refractivity contribution in [2.45, 2.75) is 52.7 Å². The first-order valence-corrected chi connectivity index (χ1v) is 7.21. The van der Waals surface area contributed by atoms with Crippen molar-refractivity contribution in [1.29, 1.82) is 0 Å². The van der Waals surface area contributed by atoms with Gasteiger partial charge in [0, 0.05) is 19.3 Å². The predicted octanol–water partition coefficient (Wildman–Crippen LogP) is 2.01. The lowest BCUT2D eigenvalue weighted by atomic mass is 9.94. The van der Waals surface area contributed by atoms with Gasteiger partial charge in [-0.3, -0.25) is 4.79 Å². The first-order valence-electron chi connectivity index (χ1n) is 7.21. The Labute approximate surface area is 121 Å². The van der Waals surface area contributed by atoms with Crippen molar-refractivity contribution in [3.8, 4) is 0 Å². The Morgan fingerprint density at radius 2 is 2.20 bits per heavy atom. The van der Waals surface area contributed by atoms with Gasteiger partial charge in [-0.05, 0) is 31.7 Å². The third-order valence-corrected chi connectivity index (χ3v) is 3.09. The minimum atomic E-state index is -0.891. The Morgan fingerprint density at radius 3 is 2.75 bits per heavy atom. The van der Waals surface area contributed by atoms with E-state index in [9.17, 15) is 9.90 Å². The third kappa shape index (κ3) is 4.89. The van der Waals surface area contributed by atoms with Crippen LogP contribution in [-0.2, 0) is 6.54 Å². The van der Waals surface area contributed by atoms with Crippen LogP contribution in [0.1, 0.15) is 51.0 Å². The maximum Gasteiger partial charge on any atom is 0.268 e. The normalized spacial score (nSPS) is 14.3. The van der Waals surface area contributed by atoms with Crippen molar-refractivity contribution in [2.24, 2.45) is 5.92 Å². The van der Waals surface area contributed by atoms with Gasteiger partial charge in [0.25, 0.3) is 5.91 Å². The van der Waals surface area contributed by atoms with E-state index in [0.29, 0.717) is 23.7 Å². The average Bonchev–Trinajstić information content (AvgIpc) is 2.66. The molecule has 114 valence electrons. The van der Waals surface area contributed by atoms with Crippen molar-refractivity contribution in [1.82, 2.24) is 9.88 Å². The fraction of sp³-hybridized carbons (Fsp3) is 0.667. The van der Waals surface area contributed by atoms with Gasteiger partial charge in [-0.1, -0.05) is 20.8 Å². The Kier molecular flexibility index (Phi) is 5.62. The predicted molar refractivity (Wildman–Crippen MR) is 81.5 cm³/mol. The summed E-state index contributed by atoms with van der Waals surface area (Å²) in [5.41, 5.74) is 5.98. The maximum absolute atomic E-state index is 12.2. The molecule has 20 heavy (non-hydrogen) atoms. The number of hydrogen-bond acceptors (Lipinski definition) is 3. The number of nitrogens with two attached hydrogens (primary N) is 1. The largest absolute Gasteiger partial charge is 0.397 e. The van der Waals surface area contributed by atoms with Gasteiger partial charge in [0.15, 0.2) is 0 Å². The minimum absolute atomic E-state index is 0.195. The summed E-state index contributed by atoms with van der Waals surface area (Å²) >= 11 is 0. The molecule has 1 amide bonds. The third-order valence-electron chi connectivity index (χ3n) is 3.09. The molecule has 5 heteroatoms. The molecule has 0 radical (unpaired) electrons. The number of hydrogen-bond donors (Lipinski definition) is 3. The average molecular weight is 281 g/mol. The number of aromatic nitrogens is 1. The maximum atomic E-state index is 12.2. The summed E-state index contributed by atoms with van der Waals surface area (Å²) in [6, 6.07) is 1.67. The number of anilines is 1. The quantitative estimate of drug-likeness (QED) is 0.715. The van der Waals surface area contributed by atoms with Gasteiger partial charge in [0.2, 0.25) is 0 Å². The molecule has 1 aromatic heterocycles. The highest BCUT2D eigenvalue weighted by atomic mass is 16.3. The zero-order valence-corrected chi connectivity index (χ0v) is 12.9. The minimum Gasteiger partial charge on any atom is -0.397 e. The summed E-state index contributed by atoms with van der Waals surface area (Å²) in [5, 5.41) is 13.0. The summed E-state index contributed by atoms with van der Waals surface area (Å²) in [6.45, 7) is 8.87. The molecule has 0 aliphatic heterocycles. The number of carbonyl (C=O) groups excluding carboxylic acids is 1. The SMILES string of the molecule is CCCn1cc(N)cc1C(=O)NCC(C)(O)CC(C)C. The Morgan fingerprint density at radius 1 is 1.55 bits per heavy atom. The molecule has 0 saturated carbocycles. The van der Waals surface area contributed by atoms with Crippen LogP contribution in [0.25, 0.3) is 0 Å². The molecule has 0 spiro atoms. The van der Waals surface area contributed by atoms with E-state index in [1.165, 1.54) is 0 Å². The molecule has 0 aliphatic carbocycles. The van der Waals surface area contributed by atoms with Gasteiger partial charge in [0.1, 0.15) is 5.69 Å². The summed E-state index contributed by atoms with van der Waals surface area (Å²) < 4.78 is 1.85. The van der Waals surface area contributed by atoms with E-state index in [4.69, 9.17) is 5.73 Å². The first kappa shape index (κ1) is 16.6. The van der Waals surface area contributed by atoms with Crippen LogP contribution in [0.15, 0.2) is 12.3 Å². The lowest BCUT2D eigenvalue weighted by Gasteiger charge is -2.25. The molecule has 5 nitrogen and oxygen atoms in total. The fourth-order valence-electron chi connectivity index (χ4n) is 2.46. The topological polar surface area (TPSA) is 80.3 Å². The second kappa shape index (κ2) is 6.79. The first-order chi connectivity index (χ1) is 9.25. The van der Waals surface area contributed by atoms with Gasteiger partial charge < -0.3 is 20.7 Å². The van der Waals surface area contributed by atoms with E-state index in [0.717, 1.165) is 13.0 Å². The van der Waals surface area contributed by atoms with Crippen LogP contribution < -0.4 is 11.1 Å². The molecular weight excluding hydrogens is 254 g/mol. The van der Waals surface area contributed by atoms with Crippen LogP contribution in [-0.4, -0.2) is 27.7 Å². The monoisotopic (exact) mass is 281 g/mol. The summed E-state index contributed by atoms with van der Waals surface area (Å²) in [7, 11) is 0. The zero-order chi connectivity index (χ0) is 15.3. The second-order valence-corrected chi connectivity index (χ2v) is 6.13. The van der Waals surface area contributed by atoms with E-state index in [-0.39, 0.29) is 12.5 Å². The van der Waals surface area contributed by atoms with Crippen LogP contribution >= 0.6 is 0 Å². The van der Waals surface area contributed by atoms with Gasteiger partial charge in [-0.25, -0.2) is 0 Å². The van der Waals surface area contributed by atoms with Crippen molar-refractivity contribution >= 4 is 11.6 Å². The number of nitrogen functional groups attached to an aromatic ring is 1. The lowest BCUT2D eigenvalue weighted by molar-refractivity contribution is 0.0367. The van der Waals surface area contributed by atoms with E-state index >= 15 is 0 Å². The highest BCUT2D eigenvalue weighted by molar-refractivity contribution is 5.93. The standard InChI is InChI=1S/C15H27N3O2/c1-5-6-18-9-12(16)7-13(18)14(19)17-10-15(4,20)8-11(2)3/h7,9,11,20H,5-6,8,10,16H2,1-4H3,(H,17,19). The molecule has 1 rings (SSSR count). The van der Waals surface area contributed by atoms with Crippen molar-refractivity contribution in [3.05, 3.63) is 18.0 Å². The number of nitrogens with zero attached hydrogens (tertiary/aromatic N) is 1. The number of aryl methyl sites for hydroxylation is 1. The van der Waals surface area contributed by atoms with Crippen LogP contribution in [0.3, 0.4) is 0 Å². The van der Waals surface area contributed by atoms with Gasteiger partial charge in [-0.15, -0.1) is 0 Å². The number of amides is 1. The van der Waals surface area contributed by atoms with E-state index in [1.807, 2.05) is 25.3 Å². The van der Waals surface area contributed by atoms with Crippen molar-refractivity contribution < 1.29 is 9.90 Å². The highest BCUT2D eigenvalue weighted by Crippen LogP contribution is 2.16. The lowest BCUT2D eigenvalue weighted by Crippen LogP contribution is -2.42. The molecule has 1 atom stereocenters. The Bertz CT molecular complexity index is 450. The molecule has 0 aliphatic rings. The molecule has 1 aromatic rings. The van der Waals surface area contributed by atoms with E-state index in [1.54, 1.807) is 19.2 Å². The molecular formula is C15H27N3O2. The summed E-state index contributed by atoms with van der Waals surface area (Å²) in [5.74, 6) is 0.181. The molecule has 4 N–H and O–H groups in total. The number of rotatable bonds is 7. The number of nitrogens with one attached hydrogen (secondary N) is 1. The smallest absolute Gasteiger partial charge is 0.268 e. The molecule has 0 saturated heterocycles. The van der Waals surface area contributed by atoms with Crippen LogP contribution in [0, 0.1) is 5.92 Å². The van der Waals surface area contributed by atoms with Crippen LogP contribution in [0.4, 0.5) is 5.69 Å². The summed E-state index contributed by atoms with van der Waals surface area (Å²) in [4.78, 5) is 12.2.